The molecule has 2 aromatic heterocycles. The van der Waals surface area contributed by atoms with Crippen molar-refractivity contribution in [3.8, 4) is 17.3 Å². The van der Waals surface area contributed by atoms with Gasteiger partial charge in [-0.25, -0.2) is 9.78 Å². The number of pyridine rings is 1. The molecule has 5 rings (SSSR count). The Morgan fingerprint density at radius 2 is 2.00 bits per heavy atom. The Hall–Kier alpha value is -3.95. The maximum absolute atomic E-state index is 13.2. The summed E-state index contributed by atoms with van der Waals surface area (Å²) in [7, 11) is 1.54. The zero-order valence-electron chi connectivity index (χ0n) is 19.2. The molecule has 0 unspecified atom stereocenters. The third-order valence-corrected chi connectivity index (χ3v) is 6.13. The number of fused-ring (bicyclic) bond motifs is 2. The van der Waals surface area contributed by atoms with E-state index in [1.165, 1.54) is 7.11 Å². The number of methoxy groups -OCH3 is 1. The highest BCUT2D eigenvalue weighted by atomic mass is 16.6. The van der Waals surface area contributed by atoms with Crippen LogP contribution in [0.2, 0.25) is 0 Å². The summed E-state index contributed by atoms with van der Waals surface area (Å²) in [6, 6.07) is 9.07. The lowest BCUT2D eigenvalue weighted by Crippen LogP contribution is -2.36. The quantitative estimate of drug-likeness (QED) is 0.620. The second kappa shape index (κ2) is 9.12. The number of amides is 2. The molecule has 0 aliphatic carbocycles. The Bertz CT molecular complexity index is 1250. The zero-order chi connectivity index (χ0) is 23.7. The average molecular weight is 463 g/mol. The first kappa shape index (κ1) is 21.9. The number of carbonyl (C=O) groups is 2. The van der Waals surface area contributed by atoms with Gasteiger partial charge in [-0.1, -0.05) is 6.07 Å². The molecule has 0 fully saturated rings. The zero-order valence-corrected chi connectivity index (χ0v) is 19.2. The van der Waals surface area contributed by atoms with Crippen molar-refractivity contribution >= 4 is 17.8 Å². The molecule has 1 N–H and O–H groups in total. The summed E-state index contributed by atoms with van der Waals surface area (Å²) in [6.07, 6.45) is 2.27. The number of hydrogen-bond donors (Lipinski definition) is 1. The molecule has 10 heteroatoms. The van der Waals surface area contributed by atoms with E-state index in [0.717, 1.165) is 36.3 Å². The van der Waals surface area contributed by atoms with Crippen molar-refractivity contribution in [2.45, 2.75) is 39.3 Å². The number of rotatable bonds is 5. The first-order valence-corrected chi connectivity index (χ1v) is 11.4. The molecular weight excluding hydrogens is 436 g/mol. The number of aryl methyl sites for hydroxylation is 1. The highest BCUT2D eigenvalue weighted by Gasteiger charge is 2.25. The molecule has 3 aromatic rings. The number of aromatic nitrogens is 4. The van der Waals surface area contributed by atoms with Crippen LogP contribution in [0, 0.1) is 0 Å². The lowest BCUT2D eigenvalue weighted by molar-refractivity contribution is 0.102. The monoisotopic (exact) mass is 462 g/mol. The van der Waals surface area contributed by atoms with Crippen LogP contribution in [0.25, 0.3) is 11.5 Å². The molecule has 0 bridgehead atoms. The summed E-state index contributed by atoms with van der Waals surface area (Å²) >= 11 is 0. The van der Waals surface area contributed by atoms with Gasteiger partial charge in [0.1, 0.15) is 23.1 Å². The van der Waals surface area contributed by atoms with E-state index in [-0.39, 0.29) is 12.0 Å². The van der Waals surface area contributed by atoms with Gasteiger partial charge in [0.25, 0.3) is 5.91 Å². The fourth-order valence-electron chi connectivity index (χ4n) is 4.46. The predicted octanol–water partition coefficient (Wildman–Crippen LogP) is 3.06. The second-order valence-electron chi connectivity index (χ2n) is 8.25. The Balaban J connectivity index is 1.39. The minimum absolute atomic E-state index is 0.322. The first-order valence-electron chi connectivity index (χ1n) is 11.4. The number of ether oxygens (including phenoxy) is 2. The number of nitrogens with zero attached hydrogens (tertiary/aromatic N) is 5. The summed E-state index contributed by atoms with van der Waals surface area (Å²) < 4.78 is 12.7. The predicted molar refractivity (Wildman–Crippen MR) is 124 cm³/mol. The molecule has 2 amide bonds. The molecule has 1 aromatic carbocycles. The molecule has 10 nitrogen and oxygen atoms in total. The third-order valence-electron chi connectivity index (χ3n) is 6.13. The number of anilines is 1. The maximum atomic E-state index is 13.2. The van der Waals surface area contributed by atoms with Crippen molar-refractivity contribution in [3.63, 3.8) is 0 Å². The summed E-state index contributed by atoms with van der Waals surface area (Å²) in [6.45, 7) is 3.91. The van der Waals surface area contributed by atoms with Gasteiger partial charge in [-0.05, 0) is 55.2 Å². The lowest BCUT2D eigenvalue weighted by Gasteiger charge is -2.28. The molecule has 4 heterocycles. The van der Waals surface area contributed by atoms with E-state index < -0.39 is 0 Å². The van der Waals surface area contributed by atoms with Crippen LogP contribution in [-0.2, 0) is 30.7 Å². The first-order chi connectivity index (χ1) is 16.6. The largest absolute Gasteiger partial charge is 0.496 e. The molecule has 2 aliphatic rings. The highest BCUT2D eigenvalue weighted by Crippen LogP contribution is 2.29. The molecule has 176 valence electrons. The van der Waals surface area contributed by atoms with Gasteiger partial charge < -0.3 is 24.3 Å². The van der Waals surface area contributed by atoms with Crippen LogP contribution in [0.5, 0.6) is 5.75 Å². The smallest absolute Gasteiger partial charge is 0.410 e. The van der Waals surface area contributed by atoms with Crippen LogP contribution in [0.15, 0.2) is 30.3 Å². The number of carbonyl (C=O) groups excluding carboxylic acids is 2. The van der Waals surface area contributed by atoms with Crippen molar-refractivity contribution in [3.05, 3.63) is 52.8 Å². The van der Waals surface area contributed by atoms with Crippen molar-refractivity contribution in [2.24, 2.45) is 0 Å². The van der Waals surface area contributed by atoms with Crippen molar-refractivity contribution in [1.82, 2.24) is 24.6 Å². The summed E-state index contributed by atoms with van der Waals surface area (Å²) in [5, 5.41) is 11.4. The molecular formula is C24H26N6O4. The van der Waals surface area contributed by atoms with E-state index >= 15 is 0 Å². The van der Waals surface area contributed by atoms with Crippen molar-refractivity contribution < 1.29 is 19.1 Å². The molecule has 0 radical (unpaired) electrons. The Labute approximate surface area is 196 Å². The molecule has 0 saturated carbocycles. The minimum Gasteiger partial charge on any atom is -0.496 e. The van der Waals surface area contributed by atoms with Gasteiger partial charge in [-0.2, -0.15) is 0 Å². The van der Waals surface area contributed by atoms with E-state index in [0.29, 0.717) is 54.8 Å². The van der Waals surface area contributed by atoms with Gasteiger partial charge in [0.05, 0.1) is 19.3 Å². The number of benzene rings is 1. The van der Waals surface area contributed by atoms with E-state index in [1.54, 1.807) is 24.0 Å². The maximum Gasteiger partial charge on any atom is 0.410 e. The molecule has 34 heavy (non-hydrogen) atoms. The third kappa shape index (κ3) is 4.07. The fraction of sp³-hybridized carbons (Fsp3) is 0.375. The second-order valence-corrected chi connectivity index (χ2v) is 8.25. The standard InChI is InChI=1S/C24H26N6O4/c1-3-34-24(32)29-11-9-15-13-19(33-2)17(12-16(15)14-29)23(31)26-20-7-4-6-18(25-20)22-28-27-21-8-5-10-30(21)22/h4,6-7,12-13H,3,5,8-11,14H2,1-2H3,(H,25,26,31). The van der Waals surface area contributed by atoms with Gasteiger partial charge in [0.15, 0.2) is 5.82 Å². The summed E-state index contributed by atoms with van der Waals surface area (Å²) in [4.78, 5) is 31.6. The van der Waals surface area contributed by atoms with Gasteiger partial charge in [0.2, 0.25) is 0 Å². The lowest BCUT2D eigenvalue weighted by atomic mass is 9.96. The average Bonchev–Trinajstić information content (AvgIpc) is 3.47. The molecule has 0 saturated heterocycles. The van der Waals surface area contributed by atoms with Crippen LogP contribution in [0.3, 0.4) is 0 Å². The highest BCUT2D eigenvalue weighted by molar-refractivity contribution is 6.06. The summed E-state index contributed by atoms with van der Waals surface area (Å²) in [5.41, 5.74) is 2.98. The van der Waals surface area contributed by atoms with Crippen LogP contribution < -0.4 is 10.1 Å². The number of hydrogen-bond acceptors (Lipinski definition) is 7. The van der Waals surface area contributed by atoms with Crippen LogP contribution in [-0.4, -0.2) is 56.9 Å². The molecule has 2 aliphatic heterocycles. The van der Waals surface area contributed by atoms with Crippen LogP contribution in [0.4, 0.5) is 10.6 Å². The normalized spacial score (nSPS) is 14.4. The van der Waals surface area contributed by atoms with E-state index in [1.807, 2.05) is 18.2 Å². The topological polar surface area (TPSA) is 111 Å². The minimum atomic E-state index is -0.351. The van der Waals surface area contributed by atoms with Crippen LogP contribution >= 0.6 is 0 Å². The van der Waals surface area contributed by atoms with Gasteiger partial charge in [-0.15, -0.1) is 10.2 Å². The fourth-order valence-corrected chi connectivity index (χ4v) is 4.46. The van der Waals surface area contributed by atoms with E-state index in [2.05, 4.69) is 25.1 Å². The van der Waals surface area contributed by atoms with Crippen LogP contribution in [0.1, 0.15) is 40.7 Å². The van der Waals surface area contributed by atoms with E-state index in [9.17, 15) is 9.59 Å². The van der Waals surface area contributed by atoms with Crippen molar-refractivity contribution in [2.75, 3.05) is 25.6 Å². The molecule has 0 spiro atoms. The van der Waals surface area contributed by atoms with Gasteiger partial charge in [-0.3, -0.25) is 4.79 Å². The van der Waals surface area contributed by atoms with E-state index in [4.69, 9.17) is 9.47 Å². The van der Waals surface area contributed by atoms with Gasteiger partial charge in [0, 0.05) is 26.1 Å². The Kier molecular flexibility index (Phi) is 5.87. The molecule has 0 atom stereocenters. The van der Waals surface area contributed by atoms with Crippen molar-refractivity contribution in [1.29, 1.82) is 0 Å². The summed E-state index contributed by atoms with van der Waals surface area (Å²) in [5.74, 6) is 2.21. The number of nitrogens with one attached hydrogen (secondary N) is 1. The SMILES string of the molecule is CCOC(=O)N1CCc2cc(OC)c(C(=O)Nc3cccc(-c4nnc5n4CCC5)n3)cc2C1. The Morgan fingerprint density at radius 3 is 2.82 bits per heavy atom. The Morgan fingerprint density at radius 1 is 1.12 bits per heavy atom. The van der Waals surface area contributed by atoms with Gasteiger partial charge >= 0.3 is 6.09 Å².